The molecule has 1 aromatic carbocycles. The van der Waals surface area contributed by atoms with E-state index in [2.05, 4.69) is 10.2 Å². The fourth-order valence-electron chi connectivity index (χ4n) is 4.27. The van der Waals surface area contributed by atoms with Gasteiger partial charge in [0.25, 0.3) is 0 Å². The molecule has 172 valence electrons. The van der Waals surface area contributed by atoms with Crippen LogP contribution in [0.2, 0.25) is 5.02 Å². The third kappa shape index (κ3) is 4.61. The molecule has 0 bridgehead atoms. The molecule has 1 aliphatic carbocycles. The molecule has 1 saturated carbocycles. The van der Waals surface area contributed by atoms with Crippen LogP contribution in [0.4, 0.5) is 4.79 Å². The number of carbonyl (C=O) groups excluding carboxylic acids is 3. The molecule has 0 unspecified atom stereocenters. The summed E-state index contributed by atoms with van der Waals surface area (Å²) in [6, 6.07) is 6.17. The summed E-state index contributed by atoms with van der Waals surface area (Å²) in [6.45, 7) is 5.07. The number of halogens is 1. The van der Waals surface area contributed by atoms with E-state index in [1.165, 1.54) is 4.90 Å². The Morgan fingerprint density at radius 3 is 2.47 bits per heavy atom. The molecule has 0 spiro atoms. The van der Waals surface area contributed by atoms with Gasteiger partial charge in [-0.15, -0.1) is 0 Å². The van der Waals surface area contributed by atoms with Crippen LogP contribution in [0.5, 0.6) is 0 Å². The molecule has 32 heavy (non-hydrogen) atoms. The molecule has 3 amide bonds. The van der Waals surface area contributed by atoms with Gasteiger partial charge >= 0.3 is 12.0 Å². The highest BCUT2D eigenvalue weighted by atomic mass is 35.5. The molecule has 1 saturated heterocycles. The van der Waals surface area contributed by atoms with Gasteiger partial charge in [0.1, 0.15) is 0 Å². The number of benzene rings is 1. The van der Waals surface area contributed by atoms with Crippen molar-refractivity contribution < 1.29 is 19.1 Å². The van der Waals surface area contributed by atoms with Gasteiger partial charge in [0.2, 0.25) is 5.91 Å². The lowest BCUT2D eigenvalue weighted by molar-refractivity contribution is -0.139. The number of nitrogens with zero attached hydrogens (tertiary/aromatic N) is 3. The molecule has 1 aromatic rings. The van der Waals surface area contributed by atoms with Crippen LogP contribution >= 0.6 is 11.6 Å². The predicted octanol–water partition coefficient (Wildman–Crippen LogP) is 2.41. The minimum Gasteiger partial charge on any atom is -0.463 e. The van der Waals surface area contributed by atoms with Crippen molar-refractivity contribution in [2.24, 2.45) is 5.92 Å². The van der Waals surface area contributed by atoms with Crippen LogP contribution in [0.25, 0.3) is 0 Å². The Hall–Kier alpha value is -2.58. The van der Waals surface area contributed by atoms with E-state index in [9.17, 15) is 14.4 Å². The first-order valence-electron chi connectivity index (χ1n) is 11.1. The maximum atomic E-state index is 13.0. The first-order chi connectivity index (χ1) is 15.4. The van der Waals surface area contributed by atoms with E-state index in [1.807, 2.05) is 11.0 Å². The summed E-state index contributed by atoms with van der Waals surface area (Å²) in [7, 11) is 1.65. The van der Waals surface area contributed by atoms with Crippen LogP contribution < -0.4 is 5.32 Å². The van der Waals surface area contributed by atoms with Crippen molar-refractivity contribution in [2.75, 3.05) is 46.4 Å². The third-order valence-electron chi connectivity index (χ3n) is 6.27. The second-order valence-corrected chi connectivity index (χ2v) is 8.83. The number of hydrogen-bond donors (Lipinski definition) is 1. The second kappa shape index (κ2) is 9.50. The van der Waals surface area contributed by atoms with Crippen molar-refractivity contribution in [3.8, 4) is 0 Å². The maximum Gasteiger partial charge on any atom is 0.338 e. The Kier molecular flexibility index (Phi) is 6.71. The largest absolute Gasteiger partial charge is 0.463 e. The van der Waals surface area contributed by atoms with Crippen molar-refractivity contribution in [1.29, 1.82) is 0 Å². The van der Waals surface area contributed by atoms with Gasteiger partial charge in [0, 0.05) is 56.4 Å². The number of nitrogens with one attached hydrogen (secondary N) is 1. The maximum absolute atomic E-state index is 13.0. The van der Waals surface area contributed by atoms with Gasteiger partial charge in [-0.05, 0) is 31.4 Å². The molecule has 8 nitrogen and oxygen atoms in total. The zero-order valence-corrected chi connectivity index (χ0v) is 19.2. The van der Waals surface area contributed by atoms with Gasteiger partial charge in [-0.1, -0.05) is 29.8 Å². The predicted molar refractivity (Wildman–Crippen MR) is 120 cm³/mol. The number of esters is 1. The van der Waals surface area contributed by atoms with Gasteiger partial charge < -0.3 is 15.0 Å². The van der Waals surface area contributed by atoms with E-state index >= 15 is 0 Å². The second-order valence-electron chi connectivity index (χ2n) is 8.42. The smallest absolute Gasteiger partial charge is 0.338 e. The zero-order valence-electron chi connectivity index (χ0n) is 18.5. The van der Waals surface area contributed by atoms with E-state index in [0.717, 1.165) is 12.8 Å². The van der Waals surface area contributed by atoms with Crippen LogP contribution in [0.3, 0.4) is 0 Å². The Bertz CT molecular complexity index is 938. The minimum absolute atomic E-state index is 0.212. The standard InChI is InChI=1S/C23H29ClN4O4/c1-3-32-22(30)19-18(14-27-10-12-28(13-11-27)21(29)15-8-9-15)26(2)23(31)25-20(19)16-6-4-5-7-17(16)24/h4-7,15,20H,3,8-14H2,1-2H3,(H,25,31)/t20-/m1/s1. The molecule has 1 N–H and O–H groups in total. The van der Waals surface area contributed by atoms with Gasteiger partial charge in [0.15, 0.2) is 0 Å². The highest BCUT2D eigenvalue weighted by Crippen LogP contribution is 2.35. The molecule has 4 rings (SSSR count). The van der Waals surface area contributed by atoms with E-state index in [0.29, 0.717) is 54.6 Å². The van der Waals surface area contributed by atoms with Crippen molar-refractivity contribution in [3.05, 3.63) is 46.1 Å². The van der Waals surface area contributed by atoms with Gasteiger partial charge in [0.05, 0.1) is 18.2 Å². The number of amides is 3. The van der Waals surface area contributed by atoms with Crippen LogP contribution in [0.1, 0.15) is 31.4 Å². The highest BCUT2D eigenvalue weighted by Gasteiger charge is 2.39. The van der Waals surface area contributed by atoms with Crippen molar-refractivity contribution >= 4 is 29.5 Å². The van der Waals surface area contributed by atoms with Gasteiger partial charge in [-0.25, -0.2) is 9.59 Å². The highest BCUT2D eigenvalue weighted by molar-refractivity contribution is 6.31. The molecule has 2 aliphatic heterocycles. The van der Waals surface area contributed by atoms with E-state index < -0.39 is 12.0 Å². The lowest BCUT2D eigenvalue weighted by atomic mass is 9.94. The molecular weight excluding hydrogens is 432 g/mol. The topological polar surface area (TPSA) is 82.2 Å². The number of carbonyl (C=O) groups is 3. The average Bonchev–Trinajstić information content (AvgIpc) is 3.63. The molecule has 9 heteroatoms. The molecule has 3 aliphatic rings. The molecule has 0 radical (unpaired) electrons. The van der Waals surface area contributed by atoms with Gasteiger partial charge in [-0.3, -0.25) is 14.6 Å². The monoisotopic (exact) mass is 460 g/mol. The van der Waals surface area contributed by atoms with E-state index in [-0.39, 0.29) is 24.5 Å². The zero-order chi connectivity index (χ0) is 22.8. The summed E-state index contributed by atoms with van der Waals surface area (Å²) in [5.74, 6) is -0.00457. The summed E-state index contributed by atoms with van der Waals surface area (Å²) in [5.41, 5.74) is 1.63. The first-order valence-corrected chi connectivity index (χ1v) is 11.5. The van der Waals surface area contributed by atoms with Gasteiger partial charge in [-0.2, -0.15) is 0 Å². The van der Waals surface area contributed by atoms with Crippen LogP contribution in [-0.2, 0) is 14.3 Å². The Morgan fingerprint density at radius 1 is 1.16 bits per heavy atom. The molecule has 2 fully saturated rings. The Labute approximate surface area is 193 Å². The first kappa shape index (κ1) is 22.6. The van der Waals surface area contributed by atoms with Crippen LogP contribution in [0, 0.1) is 5.92 Å². The Morgan fingerprint density at radius 2 is 1.84 bits per heavy atom. The van der Waals surface area contributed by atoms with Crippen LogP contribution in [0.15, 0.2) is 35.5 Å². The summed E-state index contributed by atoms with van der Waals surface area (Å²) in [6.07, 6.45) is 2.00. The summed E-state index contributed by atoms with van der Waals surface area (Å²) < 4.78 is 5.37. The number of hydrogen-bond acceptors (Lipinski definition) is 5. The number of likely N-dealkylation sites (N-methyl/N-ethyl adjacent to an activating group) is 1. The number of piperazine rings is 1. The minimum atomic E-state index is -0.695. The normalized spacial score (nSPS) is 22.1. The number of ether oxygens (including phenoxy) is 1. The molecule has 1 atom stereocenters. The summed E-state index contributed by atoms with van der Waals surface area (Å²) in [5, 5.41) is 3.36. The Balaban J connectivity index is 1.61. The number of rotatable bonds is 6. The third-order valence-corrected chi connectivity index (χ3v) is 6.62. The van der Waals surface area contributed by atoms with Crippen LogP contribution in [-0.4, -0.2) is 79.0 Å². The lowest BCUT2D eigenvalue weighted by Gasteiger charge is -2.39. The van der Waals surface area contributed by atoms with Crippen molar-refractivity contribution in [1.82, 2.24) is 20.0 Å². The average molecular weight is 461 g/mol. The molecular formula is C23H29ClN4O4. The van der Waals surface area contributed by atoms with E-state index in [4.69, 9.17) is 16.3 Å². The molecule has 2 heterocycles. The fraction of sp³-hybridized carbons (Fsp3) is 0.522. The van der Waals surface area contributed by atoms with Crippen molar-refractivity contribution in [3.63, 3.8) is 0 Å². The fourth-order valence-corrected chi connectivity index (χ4v) is 4.51. The van der Waals surface area contributed by atoms with E-state index in [1.54, 1.807) is 32.2 Å². The van der Waals surface area contributed by atoms with Crippen molar-refractivity contribution in [2.45, 2.75) is 25.8 Å². The number of urea groups is 1. The quantitative estimate of drug-likeness (QED) is 0.659. The SMILES string of the molecule is CCOC(=O)C1=C(CN2CCN(C(=O)C3CC3)CC2)N(C)C(=O)N[C@@H]1c1ccccc1Cl. The summed E-state index contributed by atoms with van der Waals surface area (Å²) >= 11 is 6.42. The lowest BCUT2D eigenvalue weighted by Crippen LogP contribution is -2.53. The molecule has 0 aromatic heterocycles. The summed E-state index contributed by atoms with van der Waals surface area (Å²) in [4.78, 5) is 43.8.